The Morgan fingerprint density at radius 1 is 1.07 bits per heavy atom. The standard InChI is InChI=1S/C44H52FN3O11/c1-41-10-8-25(49)15-24(41)6-7-26-29-9-11-44(56,42(29,2)17-32(50)34(26)41)33(51)21-58-40(55)59-22-43(12-13-43)48-19-28(39(53)54)37(52)27-16-30(45)36(38(57-3)35(27)48)47-18-23-5-4-14-46-31(23)20-47/h8,10,15-16,19,23,26,29,31-32,34,46,50,56H,4-7,9,11-14,17-18,20-22H2,1-3H3,(H,53,54)/t23-,26+,29+,31+,32+,34?,41+,42+,44+/m0/s1. The molecule has 59 heavy (non-hydrogen) atoms. The minimum atomic E-state index is -1.87. The third kappa shape index (κ3) is 6.00. The van der Waals surface area contributed by atoms with E-state index in [0.29, 0.717) is 44.7 Å². The number of aromatic nitrogens is 1. The molecule has 5 aliphatic carbocycles. The van der Waals surface area contributed by atoms with E-state index >= 15 is 4.39 Å². The zero-order valence-corrected chi connectivity index (χ0v) is 33.6. The van der Waals surface area contributed by atoms with Crippen LogP contribution in [0.5, 0.6) is 5.75 Å². The molecule has 2 aromatic rings. The molecule has 1 aromatic heterocycles. The van der Waals surface area contributed by atoms with E-state index in [2.05, 4.69) is 12.2 Å². The average molecular weight is 818 g/mol. The van der Waals surface area contributed by atoms with Crippen LogP contribution >= 0.6 is 0 Å². The molecule has 9 atom stereocenters. The third-order valence-electron chi connectivity index (χ3n) is 15.7. The molecule has 0 radical (unpaired) electrons. The number of fused-ring (bicyclic) bond motifs is 7. The molecule has 15 heteroatoms. The van der Waals surface area contributed by atoms with Crippen molar-refractivity contribution in [2.45, 2.75) is 94.9 Å². The Morgan fingerprint density at radius 2 is 1.85 bits per heavy atom. The Morgan fingerprint density at radius 3 is 2.56 bits per heavy atom. The molecule has 2 aliphatic heterocycles. The normalized spacial score (nSPS) is 35.3. The fourth-order valence-corrected chi connectivity index (χ4v) is 12.5. The van der Waals surface area contributed by atoms with Crippen LogP contribution in [0.2, 0.25) is 0 Å². The summed E-state index contributed by atoms with van der Waals surface area (Å²) in [6.07, 6.45) is 9.39. The SMILES string of the molecule is COc1c(N2C[C@@H]3CCCN[C@@H]3C2)c(F)cc2c(=O)c(C(=O)O)cn(C3(COC(=O)OCC(=O)[C@]4(O)CC[C@@H]5[C@H]6CCC7=CC(=O)C=C[C@@]7(C)C6[C@H](O)C[C@]54C)CC3)c12. The summed E-state index contributed by atoms with van der Waals surface area (Å²) in [5.74, 6) is -2.85. The van der Waals surface area contributed by atoms with Gasteiger partial charge in [-0.15, -0.1) is 0 Å². The number of pyridine rings is 1. The van der Waals surface area contributed by atoms with Crippen LogP contribution in [0.15, 0.2) is 40.9 Å². The van der Waals surface area contributed by atoms with Gasteiger partial charge in [0.2, 0.25) is 11.2 Å². The number of benzene rings is 1. The Bertz CT molecular complexity index is 2270. The first-order valence-electron chi connectivity index (χ1n) is 20.9. The Labute approximate surface area is 340 Å². The number of aromatic carboxylic acids is 1. The van der Waals surface area contributed by atoms with Crippen LogP contribution in [-0.4, -0.2) is 101 Å². The number of aliphatic hydroxyl groups excluding tert-OH is 1. The smallest absolute Gasteiger partial charge is 0.492 e. The van der Waals surface area contributed by atoms with Crippen LogP contribution < -0.4 is 20.4 Å². The van der Waals surface area contributed by atoms with Crippen LogP contribution in [0.3, 0.4) is 0 Å². The topological polar surface area (TPSA) is 194 Å². The number of nitrogens with one attached hydrogen (secondary N) is 1. The fraction of sp³-hybridized carbons (Fsp3) is 0.614. The molecule has 1 aromatic carbocycles. The van der Waals surface area contributed by atoms with Gasteiger partial charge in [0.05, 0.1) is 29.7 Å². The molecule has 0 spiro atoms. The van der Waals surface area contributed by atoms with Crippen LogP contribution in [0.25, 0.3) is 10.9 Å². The van der Waals surface area contributed by atoms with Gasteiger partial charge in [-0.25, -0.2) is 14.0 Å². The number of carboxylic acid groups (broad SMARTS) is 1. The summed E-state index contributed by atoms with van der Waals surface area (Å²) in [4.78, 5) is 67.0. The molecular formula is C44H52FN3O11. The van der Waals surface area contributed by atoms with E-state index in [4.69, 9.17) is 14.2 Å². The van der Waals surface area contributed by atoms with Crippen molar-refractivity contribution in [2.24, 2.45) is 34.5 Å². The number of ketones is 2. The molecule has 0 bridgehead atoms. The summed E-state index contributed by atoms with van der Waals surface area (Å²) in [6, 6.07) is 1.23. The number of aliphatic hydroxyl groups is 2. The number of piperidine rings is 1. The predicted molar refractivity (Wildman–Crippen MR) is 211 cm³/mol. The summed E-state index contributed by atoms with van der Waals surface area (Å²) in [5, 5.41) is 37.2. The van der Waals surface area contributed by atoms with Crippen molar-refractivity contribution in [1.82, 2.24) is 9.88 Å². The Balaban J connectivity index is 0.928. The first-order chi connectivity index (χ1) is 28.0. The highest BCUT2D eigenvalue weighted by molar-refractivity contribution is 6.01. The number of anilines is 1. The van der Waals surface area contributed by atoms with Gasteiger partial charge in [0, 0.05) is 42.1 Å². The van der Waals surface area contributed by atoms with Gasteiger partial charge in [-0.3, -0.25) is 14.4 Å². The van der Waals surface area contributed by atoms with E-state index in [1.54, 1.807) is 16.7 Å². The lowest BCUT2D eigenvalue weighted by Crippen LogP contribution is -2.61. The first kappa shape index (κ1) is 39.8. The second-order valence-electron chi connectivity index (χ2n) is 18.6. The number of allylic oxidation sites excluding steroid dienone is 4. The summed E-state index contributed by atoms with van der Waals surface area (Å²) in [6.45, 7) is 4.77. The number of carbonyl (C=O) groups excluding carboxylic acids is 3. The zero-order valence-electron chi connectivity index (χ0n) is 33.6. The highest BCUT2D eigenvalue weighted by Gasteiger charge is 2.68. The molecule has 4 N–H and O–H groups in total. The number of Topliss-reactive ketones (excluding diaryl/α,β-unsaturated/α-hetero) is 1. The number of hydrogen-bond acceptors (Lipinski definition) is 12. The predicted octanol–water partition coefficient (Wildman–Crippen LogP) is 4.26. The average Bonchev–Trinajstić information content (AvgIpc) is 3.78. The number of carboxylic acids is 1. The minimum absolute atomic E-state index is 0.000124. The molecule has 1 unspecified atom stereocenters. The zero-order chi connectivity index (χ0) is 41.8. The molecule has 14 nitrogen and oxygen atoms in total. The van der Waals surface area contributed by atoms with Gasteiger partial charge in [-0.05, 0) is 100 Å². The number of nitrogens with zero attached hydrogens (tertiary/aromatic N) is 2. The molecule has 4 saturated carbocycles. The largest absolute Gasteiger partial charge is 0.508 e. The second kappa shape index (κ2) is 14.0. The molecule has 7 aliphatic rings. The van der Waals surface area contributed by atoms with E-state index < -0.39 is 69.4 Å². The van der Waals surface area contributed by atoms with E-state index in [-0.39, 0.29) is 71.4 Å². The molecule has 9 rings (SSSR count). The van der Waals surface area contributed by atoms with Crippen molar-refractivity contribution in [3.63, 3.8) is 0 Å². The fourth-order valence-electron chi connectivity index (χ4n) is 12.5. The number of carbonyl (C=O) groups is 4. The van der Waals surface area contributed by atoms with Gasteiger partial charge in [0.15, 0.2) is 24.0 Å². The molecule has 3 heterocycles. The minimum Gasteiger partial charge on any atom is -0.492 e. The number of rotatable bonds is 9. The van der Waals surface area contributed by atoms with Crippen LogP contribution in [-0.2, 0) is 24.6 Å². The van der Waals surface area contributed by atoms with Gasteiger partial charge in [-0.1, -0.05) is 25.5 Å². The first-order valence-corrected chi connectivity index (χ1v) is 20.9. The lowest BCUT2D eigenvalue weighted by molar-refractivity contribution is -0.179. The second-order valence-corrected chi connectivity index (χ2v) is 18.6. The lowest BCUT2D eigenvalue weighted by atomic mass is 9.46. The maximum Gasteiger partial charge on any atom is 0.508 e. The monoisotopic (exact) mass is 817 g/mol. The van der Waals surface area contributed by atoms with E-state index in [1.807, 2.05) is 17.9 Å². The summed E-state index contributed by atoms with van der Waals surface area (Å²) in [5.41, 5.74) is -4.49. The molecular weight excluding hydrogens is 765 g/mol. The number of hydrogen-bond donors (Lipinski definition) is 4. The molecule has 2 saturated heterocycles. The van der Waals surface area contributed by atoms with Gasteiger partial charge in [0.1, 0.15) is 23.5 Å². The van der Waals surface area contributed by atoms with Gasteiger partial charge >= 0.3 is 12.1 Å². The maximum atomic E-state index is 16.1. The van der Waals surface area contributed by atoms with E-state index in [0.717, 1.165) is 37.4 Å². The highest BCUT2D eigenvalue weighted by atomic mass is 19.1. The number of halogens is 1. The highest BCUT2D eigenvalue weighted by Crippen LogP contribution is 2.67. The number of ether oxygens (including phenoxy) is 3. The van der Waals surface area contributed by atoms with Crippen molar-refractivity contribution in [2.75, 3.05) is 44.9 Å². The van der Waals surface area contributed by atoms with Gasteiger partial charge in [0.25, 0.3) is 0 Å². The lowest BCUT2D eigenvalue weighted by Gasteiger charge is -2.59. The molecule has 0 amide bonds. The Hall–Kier alpha value is -4.60. The van der Waals surface area contributed by atoms with E-state index in [1.165, 1.54) is 13.3 Å². The summed E-state index contributed by atoms with van der Waals surface area (Å²) >= 11 is 0. The van der Waals surface area contributed by atoms with E-state index in [9.17, 15) is 39.3 Å². The van der Waals surface area contributed by atoms with Crippen molar-refractivity contribution in [3.05, 3.63) is 57.7 Å². The van der Waals surface area contributed by atoms with Crippen molar-refractivity contribution in [3.8, 4) is 5.75 Å². The van der Waals surface area contributed by atoms with Crippen molar-refractivity contribution >= 4 is 40.3 Å². The summed E-state index contributed by atoms with van der Waals surface area (Å²) in [7, 11) is 1.37. The maximum absolute atomic E-state index is 16.1. The van der Waals surface area contributed by atoms with Crippen LogP contribution in [0.4, 0.5) is 14.9 Å². The van der Waals surface area contributed by atoms with Gasteiger partial charge in [-0.2, -0.15) is 0 Å². The molecule has 316 valence electrons. The number of methoxy groups -OCH3 is 1. The third-order valence-corrected chi connectivity index (χ3v) is 15.7. The molecule has 6 fully saturated rings. The van der Waals surface area contributed by atoms with Crippen LogP contribution in [0, 0.1) is 40.3 Å². The quantitative estimate of drug-likeness (QED) is 0.263. The van der Waals surface area contributed by atoms with Gasteiger partial charge < -0.3 is 44.3 Å². The summed E-state index contributed by atoms with van der Waals surface area (Å²) < 4.78 is 34.4. The van der Waals surface area contributed by atoms with Crippen molar-refractivity contribution in [1.29, 1.82) is 0 Å². The van der Waals surface area contributed by atoms with Crippen molar-refractivity contribution < 1.29 is 53.1 Å². The van der Waals surface area contributed by atoms with Crippen LogP contribution in [0.1, 0.15) is 82.0 Å². The Kier molecular flexibility index (Phi) is 9.44.